The van der Waals surface area contributed by atoms with Gasteiger partial charge in [-0.05, 0) is 101 Å². The standard InChI is InChI=1S/C48H33NS/c1-48(2)41-17-9-8-14-35(41)39-29-34(25-27-42(39)48)46-37-16-7-6-15-36(37)45(38-26-24-33(28-40(38)46)30-12-4-3-5-13-30)31-20-22-32(23-21-31)47-49-43-18-10-11-19-44(43)50-47/h3-29H,1-2H3. The van der Waals surface area contributed by atoms with E-state index in [9.17, 15) is 0 Å². The fourth-order valence-corrected chi connectivity index (χ4v) is 9.23. The molecule has 236 valence electrons. The van der Waals surface area contributed by atoms with Crippen LogP contribution in [0.15, 0.2) is 164 Å². The van der Waals surface area contributed by atoms with Gasteiger partial charge in [-0.1, -0.05) is 153 Å². The molecule has 10 rings (SSSR count). The third-order valence-corrected chi connectivity index (χ3v) is 11.8. The summed E-state index contributed by atoms with van der Waals surface area (Å²) in [7, 11) is 0. The number of para-hydroxylation sites is 1. The van der Waals surface area contributed by atoms with Crippen molar-refractivity contribution in [3.8, 4) is 55.1 Å². The zero-order valence-corrected chi connectivity index (χ0v) is 28.8. The molecule has 0 amide bonds. The topological polar surface area (TPSA) is 12.9 Å². The molecule has 9 aromatic rings. The van der Waals surface area contributed by atoms with Crippen LogP contribution in [0.1, 0.15) is 25.0 Å². The highest BCUT2D eigenvalue weighted by molar-refractivity contribution is 7.21. The molecule has 0 saturated heterocycles. The molecule has 1 aliphatic rings. The number of nitrogens with zero attached hydrogens (tertiary/aromatic N) is 1. The van der Waals surface area contributed by atoms with Gasteiger partial charge in [-0.2, -0.15) is 0 Å². The fraction of sp³-hybridized carbons (Fsp3) is 0.0625. The van der Waals surface area contributed by atoms with E-state index in [1.54, 1.807) is 11.3 Å². The van der Waals surface area contributed by atoms with Gasteiger partial charge in [0, 0.05) is 11.0 Å². The van der Waals surface area contributed by atoms with Gasteiger partial charge in [0.05, 0.1) is 10.2 Å². The Morgan fingerprint density at radius 3 is 1.82 bits per heavy atom. The molecule has 8 aromatic carbocycles. The van der Waals surface area contributed by atoms with Gasteiger partial charge in [-0.25, -0.2) is 4.98 Å². The van der Waals surface area contributed by atoms with Crippen molar-refractivity contribution in [2.75, 3.05) is 0 Å². The molecule has 0 N–H and O–H groups in total. The average Bonchev–Trinajstić information content (AvgIpc) is 3.70. The average molecular weight is 656 g/mol. The van der Waals surface area contributed by atoms with Crippen molar-refractivity contribution in [2.45, 2.75) is 19.3 Å². The van der Waals surface area contributed by atoms with E-state index in [0.717, 1.165) is 16.1 Å². The van der Waals surface area contributed by atoms with E-state index in [2.05, 4.69) is 178 Å². The van der Waals surface area contributed by atoms with Gasteiger partial charge in [0.15, 0.2) is 0 Å². The van der Waals surface area contributed by atoms with Crippen LogP contribution in [0.2, 0.25) is 0 Å². The summed E-state index contributed by atoms with van der Waals surface area (Å²) in [6, 6.07) is 60.3. The Kier molecular flexibility index (Phi) is 6.46. The summed E-state index contributed by atoms with van der Waals surface area (Å²) >= 11 is 1.75. The second kappa shape index (κ2) is 11.1. The molecule has 0 saturated carbocycles. The highest BCUT2D eigenvalue weighted by Crippen LogP contribution is 2.51. The molecule has 1 nitrogen and oxygen atoms in total. The van der Waals surface area contributed by atoms with Crippen LogP contribution in [0, 0.1) is 0 Å². The lowest BCUT2D eigenvalue weighted by Crippen LogP contribution is -2.14. The fourth-order valence-electron chi connectivity index (χ4n) is 8.26. The third-order valence-electron chi connectivity index (χ3n) is 10.7. The van der Waals surface area contributed by atoms with E-state index >= 15 is 0 Å². The normalized spacial score (nSPS) is 13.2. The van der Waals surface area contributed by atoms with Gasteiger partial charge >= 0.3 is 0 Å². The van der Waals surface area contributed by atoms with E-state index in [-0.39, 0.29) is 5.41 Å². The van der Waals surface area contributed by atoms with Gasteiger partial charge in [-0.3, -0.25) is 0 Å². The number of hydrogen-bond acceptors (Lipinski definition) is 2. The molecule has 1 aliphatic carbocycles. The third kappa shape index (κ3) is 4.42. The monoisotopic (exact) mass is 655 g/mol. The van der Waals surface area contributed by atoms with E-state index in [0.29, 0.717) is 0 Å². The second-order valence-corrected chi connectivity index (χ2v) is 14.9. The molecule has 0 unspecified atom stereocenters. The van der Waals surface area contributed by atoms with Crippen LogP contribution in [0.25, 0.3) is 86.8 Å². The minimum Gasteiger partial charge on any atom is -0.236 e. The van der Waals surface area contributed by atoms with Crippen LogP contribution in [0.5, 0.6) is 0 Å². The molecular formula is C48H33NS. The predicted octanol–water partition coefficient (Wildman–Crippen LogP) is 13.6. The second-order valence-electron chi connectivity index (χ2n) is 13.9. The van der Waals surface area contributed by atoms with Crippen molar-refractivity contribution in [1.82, 2.24) is 4.98 Å². The van der Waals surface area contributed by atoms with E-state index in [1.807, 2.05) is 0 Å². The largest absolute Gasteiger partial charge is 0.236 e. The van der Waals surface area contributed by atoms with Crippen molar-refractivity contribution in [2.24, 2.45) is 0 Å². The van der Waals surface area contributed by atoms with Crippen molar-refractivity contribution < 1.29 is 0 Å². The maximum absolute atomic E-state index is 4.94. The lowest BCUT2D eigenvalue weighted by Gasteiger charge is -2.22. The maximum Gasteiger partial charge on any atom is 0.124 e. The van der Waals surface area contributed by atoms with Gasteiger partial charge in [0.25, 0.3) is 0 Å². The summed E-state index contributed by atoms with van der Waals surface area (Å²) in [4.78, 5) is 4.94. The molecule has 0 bridgehead atoms. The Morgan fingerprint density at radius 2 is 1.02 bits per heavy atom. The first kappa shape index (κ1) is 29.1. The summed E-state index contributed by atoms with van der Waals surface area (Å²) in [5.41, 5.74) is 15.1. The van der Waals surface area contributed by atoms with Gasteiger partial charge in [-0.15, -0.1) is 11.3 Å². The van der Waals surface area contributed by atoms with Crippen LogP contribution < -0.4 is 0 Å². The first-order valence-corrected chi connectivity index (χ1v) is 18.1. The first-order valence-electron chi connectivity index (χ1n) is 17.3. The van der Waals surface area contributed by atoms with E-state index in [4.69, 9.17) is 4.98 Å². The number of aromatic nitrogens is 1. The number of benzene rings is 8. The van der Waals surface area contributed by atoms with Crippen LogP contribution in [-0.2, 0) is 5.41 Å². The van der Waals surface area contributed by atoms with Crippen molar-refractivity contribution in [3.05, 3.63) is 175 Å². The number of thiazole rings is 1. The van der Waals surface area contributed by atoms with Crippen molar-refractivity contribution in [1.29, 1.82) is 0 Å². The van der Waals surface area contributed by atoms with Crippen LogP contribution in [-0.4, -0.2) is 4.98 Å². The number of rotatable bonds is 4. The Hall–Kier alpha value is -5.83. The SMILES string of the molecule is CC1(C)c2ccccc2-c2cc(-c3c4ccccc4c(-c4ccc(-c5nc6ccccc6s5)cc4)c4ccc(-c5ccccc5)cc34)ccc21. The van der Waals surface area contributed by atoms with Crippen molar-refractivity contribution in [3.63, 3.8) is 0 Å². The summed E-state index contributed by atoms with van der Waals surface area (Å²) in [5, 5.41) is 6.10. The summed E-state index contributed by atoms with van der Waals surface area (Å²) in [6.07, 6.45) is 0. The summed E-state index contributed by atoms with van der Waals surface area (Å²) < 4.78 is 1.21. The Balaban J connectivity index is 1.22. The minimum absolute atomic E-state index is 0.0313. The molecule has 0 radical (unpaired) electrons. The summed E-state index contributed by atoms with van der Waals surface area (Å²) in [5.74, 6) is 0. The molecule has 0 fully saturated rings. The van der Waals surface area contributed by atoms with E-state index < -0.39 is 0 Å². The highest BCUT2D eigenvalue weighted by Gasteiger charge is 2.35. The number of hydrogen-bond donors (Lipinski definition) is 0. The molecule has 0 aliphatic heterocycles. The van der Waals surface area contributed by atoms with Crippen LogP contribution >= 0.6 is 11.3 Å². The Labute approximate surface area is 296 Å². The Bertz CT molecular complexity index is 2740. The van der Waals surface area contributed by atoms with Gasteiger partial charge < -0.3 is 0 Å². The van der Waals surface area contributed by atoms with Crippen LogP contribution in [0.4, 0.5) is 0 Å². The number of fused-ring (bicyclic) bond motifs is 6. The molecule has 0 spiro atoms. The lowest BCUT2D eigenvalue weighted by atomic mass is 9.81. The first-order chi connectivity index (χ1) is 24.5. The highest BCUT2D eigenvalue weighted by atomic mass is 32.1. The molecule has 0 atom stereocenters. The van der Waals surface area contributed by atoms with Gasteiger partial charge in [0.2, 0.25) is 0 Å². The zero-order chi connectivity index (χ0) is 33.4. The Morgan fingerprint density at radius 1 is 0.420 bits per heavy atom. The molecular weight excluding hydrogens is 623 g/mol. The van der Waals surface area contributed by atoms with Crippen molar-refractivity contribution >= 4 is 43.1 Å². The molecule has 2 heteroatoms. The molecule has 50 heavy (non-hydrogen) atoms. The summed E-state index contributed by atoms with van der Waals surface area (Å²) in [6.45, 7) is 4.70. The lowest BCUT2D eigenvalue weighted by molar-refractivity contribution is 0.660. The molecule has 1 aromatic heterocycles. The molecule has 1 heterocycles. The smallest absolute Gasteiger partial charge is 0.124 e. The minimum atomic E-state index is -0.0313. The predicted molar refractivity (Wildman–Crippen MR) is 214 cm³/mol. The zero-order valence-electron chi connectivity index (χ0n) is 27.9. The van der Waals surface area contributed by atoms with E-state index in [1.165, 1.54) is 81.9 Å². The van der Waals surface area contributed by atoms with Crippen LogP contribution in [0.3, 0.4) is 0 Å². The quantitative estimate of drug-likeness (QED) is 0.172. The van der Waals surface area contributed by atoms with Gasteiger partial charge in [0.1, 0.15) is 5.01 Å². The maximum atomic E-state index is 4.94.